The Hall–Kier alpha value is -8.79. The quantitative estimate of drug-likeness (QED) is 0.150. The Bertz CT molecular complexity index is 3770. The number of hydrogen-bond acceptors (Lipinski definition) is 3. The fourth-order valence-corrected chi connectivity index (χ4v) is 10.7. The summed E-state index contributed by atoms with van der Waals surface area (Å²) in [5.74, 6) is 0.705. The summed E-state index contributed by atoms with van der Waals surface area (Å²) in [7, 11) is 0. The molecule has 0 spiro atoms. The molecule has 67 heavy (non-hydrogen) atoms. The average Bonchev–Trinajstić information content (AvgIpc) is 3.72. The fraction of sp³-hybridized carbons (Fsp3) is 0.0156. The molecule has 1 aliphatic rings. The molecule has 0 saturated carbocycles. The van der Waals surface area contributed by atoms with Gasteiger partial charge >= 0.3 is 0 Å². The molecule has 3 heteroatoms. The summed E-state index contributed by atoms with van der Waals surface area (Å²) >= 11 is 0. The van der Waals surface area contributed by atoms with E-state index in [0.29, 0.717) is 5.82 Å². The van der Waals surface area contributed by atoms with Crippen molar-refractivity contribution in [2.75, 3.05) is 0 Å². The molecule has 0 radical (unpaired) electrons. The zero-order chi connectivity index (χ0) is 44.3. The highest BCUT2D eigenvalue weighted by molar-refractivity contribution is 6.19. The Balaban J connectivity index is 0.887. The van der Waals surface area contributed by atoms with Crippen LogP contribution < -0.4 is 0 Å². The van der Waals surface area contributed by atoms with Crippen LogP contribution in [0.3, 0.4) is 0 Å². The van der Waals surface area contributed by atoms with Gasteiger partial charge in [0.05, 0.1) is 27.8 Å². The summed E-state index contributed by atoms with van der Waals surface area (Å²) in [6, 6.07) is 89.3. The van der Waals surface area contributed by atoms with Crippen molar-refractivity contribution >= 4 is 32.6 Å². The summed E-state index contributed by atoms with van der Waals surface area (Å²) in [6.07, 6.45) is 0. The zero-order valence-electron chi connectivity index (χ0n) is 36.5. The Morgan fingerprint density at radius 1 is 0.269 bits per heavy atom. The molecular weight excluding hydrogens is 811 g/mol. The van der Waals surface area contributed by atoms with E-state index >= 15 is 0 Å². The number of para-hydroxylation sites is 2. The number of nitrogens with zero attached hydrogens (tertiary/aromatic N) is 3. The summed E-state index contributed by atoms with van der Waals surface area (Å²) in [5, 5.41) is 4.57. The van der Waals surface area contributed by atoms with Crippen molar-refractivity contribution in [1.29, 1.82) is 0 Å². The van der Waals surface area contributed by atoms with E-state index < -0.39 is 5.41 Å². The molecule has 2 aromatic heterocycles. The third-order valence-electron chi connectivity index (χ3n) is 13.8. The normalized spacial score (nSPS) is 12.6. The van der Waals surface area contributed by atoms with E-state index in [1.165, 1.54) is 49.9 Å². The molecule has 3 nitrogen and oxygen atoms in total. The Morgan fingerprint density at radius 2 is 0.716 bits per heavy atom. The van der Waals surface area contributed by atoms with Gasteiger partial charge in [-0.25, -0.2) is 15.0 Å². The van der Waals surface area contributed by atoms with Crippen LogP contribution in [0.5, 0.6) is 0 Å². The van der Waals surface area contributed by atoms with Gasteiger partial charge in [0.1, 0.15) is 0 Å². The summed E-state index contributed by atoms with van der Waals surface area (Å²) in [5.41, 5.74) is 18.7. The van der Waals surface area contributed by atoms with E-state index in [1.807, 2.05) is 12.1 Å². The lowest BCUT2D eigenvalue weighted by atomic mass is 9.67. The van der Waals surface area contributed by atoms with Gasteiger partial charge in [0.2, 0.25) is 0 Å². The molecule has 0 unspecified atom stereocenters. The van der Waals surface area contributed by atoms with Crippen molar-refractivity contribution < 1.29 is 0 Å². The first-order valence-corrected chi connectivity index (χ1v) is 22.9. The summed E-state index contributed by atoms with van der Waals surface area (Å²) < 4.78 is 0. The molecule has 0 amide bonds. The molecular formula is C64H41N3. The van der Waals surface area contributed by atoms with Crippen LogP contribution in [0.25, 0.3) is 99.9 Å². The van der Waals surface area contributed by atoms with Gasteiger partial charge in [-0.15, -0.1) is 0 Å². The highest BCUT2D eigenvalue weighted by Gasteiger charge is 2.46. The molecule has 0 saturated heterocycles. The van der Waals surface area contributed by atoms with Crippen LogP contribution in [0, 0.1) is 0 Å². The predicted octanol–water partition coefficient (Wildman–Crippen LogP) is 16.0. The average molecular weight is 852 g/mol. The molecule has 2 heterocycles. The van der Waals surface area contributed by atoms with Crippen molar-refractivity contribution in [2.45, 2.75) is 5.41 Å². The standard InChI is InChI=1S/C64H41N3/c1-4-16-42(17-5-1)43-28-34-46(35-29-43)61-53-24-12-15-27-58(53)66-63(67-61)48-38-32-45(33-39-48)44-30-36-47(37-31-44)62-54-40-41-56-60(59(54)52-23-11-14-26-57(52)65-62)51-22-10-13-25-55(51)64(56,49-18-6-2-7-19-49)50-20-8-3-9-21-50/h1-41H. The Labute approximate surface area is 389 Å². The largest absolute Gasteiger partial charge is 0.247 e. The first kappa shape index (κ1) is 38.6. The highest BCUT2D eigenvalue weighted by atomic mass is 14.9. The van der Waals surface area contributed by atoms with Crippen LogP contribution in [0.1, 0.15) is 22.3 Å². The van der Waals surface area contributed by atoms with Gasteiger partial charge in [-0.2, -0.15) is 0 Å². The molecule has 0 aliphatic heterocycles. The van der Waals surface area contributed by atoms with E-state index in [9.17, 15) is 0 Å². The maximum absolute atomic E-state index is 5.41. The maximum Gasteiger partial charge on any atom is 0.160 e. The molecule has 13 rings (SSSR count). The number of pyridine rings is 1. The molecule has 0 bridgehead atoms. The minimum absolute atomic E-state index is 0.484. The zero-order valence-corrected chi connectivity index (χ0v) is 36.5. The molecule has 10 aromatic carbocycles. The number of benzene rings is 10. The number of hydrogen-bond donors (Lipinski definition) is 0. The third kappa shape index (κ3) is 6.24. The van der Waals surface area contributed by atoms with E-state index in [-0.39, 0.29) is 0 Å². The van der Waals surface area contributed by atoms with E-state index in [4.69, 9.17) is 15.0 Å². The van der Waals surface area contributed by atoms with E-state index in [2.05, 4.69) is 237 Å². The molecule has 1 aliphatic carbocycles. The van der Waals surface area contributed by atoms with Crippen LogP contribution >= 0.6 is 0 Å². The smallest absolute Gasteiger partial charge is 0.160 e. The first-order chi connectivity index (χ1) is 33.2. The highest BCUT2D eigenvalue weighted by Crippen LogP contribution is 2.58. The van der Waals surface area contributed by atoms with Crippen LogP contribution in [0.4, 0.5) is 0 Å². The summed E-state index contributed by atoms with van der Waals surface area (Å²) in [6.45, 7) is 0. The van der Waals surface area contributed by atoms with Crippen LogP contribution in [0.2, 0.25) is 0 Å². The van der Waals surface area contributed by atoms with Gasteiger partial charge in [-0.05, 0) is 67.8 Å². The monoisotopic (exact) mass is 851 g/mol. The van der Waals surface area contributed by atoms with Crippen molar-refractivity contribution in [3.8, 4) is 67.3 Å². The van der Waals surface area contributed by atoms with Gasteiger partial charge in [0.25, 0.3) is 0 Å². The van der Waals surface area contributed by atoms with Crippen LogP contribution in [-0.2, 0) is 5.41 Å². The minimum atomic E-state index is -0.484. The molecule has 12 aromatic rings. The van der Waals surface area contributed by atoms with Gasteiger partial charge in [-0.1, -0.05) is 237 Å². The second-order valence-corrected chi connectivity index (χ2v) is 17.4. The second kappa shape index (κ2) is 15.7. The predicted molar refractivity (Wildman–Crippen MR) is 277 cm³/mol. The van der Waals surface area contributed by atoms with Crippen molar-refractivity contribution in [3.63, 3.8) is 0 Å². The Kier molecular flexibility index (Phi) is 9.07. The minimum Gasteiger partial charge on any atom is -0.247 e. The maximum atomic E-state index is 5.41. The lowest BCUT2D eigenvalue weighted by Crippen LogP contribution is -2.28. The lowest BCUT2D eigenvalue weighted by Gasteiger charge is -2.34. The van der Waals surface area contributed by atoms with Gasteiger partial charge in [-0.3, -0.25) is 0 Å². The van der Waals surface area contributed by atoms with Crippen molar-refractivity contribution in [2.24, 2.45) is 0 Å². The molecule has 0 atom stereocenters. The number of aromatic nitrogens is 3. The van der Waals surface area contributed by atoms with Crippen LogP contribution in [-0.4, -0.2) is 15.0 Å². The van der Waals surface area contributed by atoms with Gasteiger partial charge < -0.3 is 0 Å². The number of rotatable bonds is 7. The van der Waals surface area contributed by atoms with Crippen molar-refractivity contribution in [3.05, 3.63) is 271 Å². The second-order valence-electron chi connectivity index (χ2n) is 17.4. The SMILES string of the molecule is c1ccc(-c2ccc(-c3nc(-c4ccc(-c5ccc(-c6nc7ccccc7c7c8c(ccc67)C(c6ccccc6)(c6ccccc6)c6ccccc6-8)cc5)cc4)nc4ccccc34)cc2)cc1. The van der Waals surface area contributed by atoms with E-state index in [0.717, 1.165) is 66.4 Å². The Morgan fingerprint density at radius 3 is 1.33 bits per heavy atom. The van der Waals surface area contributed by atoms with Crippen LogP contribution in [0.15, 0.2) is 249 Å². The van der Waals surface area contributed by atoms with E-state index in [1.54, 1.807) is 0 Å². The third-order valence-corrected chi connectivity index (χ3v) is 13.8. The first-order valence-electron chi connectivity index (χ1n) is 22.9. The molecule has 0 N–H and O–H groups in total. The fourth-order valence-electron chi connectivity index (χ4n) is 10.7. The van der Waals surface area contributed by atoms with Crippen molar-refractivity contribution in [1.82, 2.24) is 15.0 Å². The van der Waals surface area contributed by atoms with Gasteiger partial charge in [0.15, 0.2) is 5.82 Å². The topological polar surface area (TPSA) is 38.7 Å². The van der Waals surface area contributed by atoms with Gasteiger partial charge in [0, 0.05) is 38.2 Å². The lowest BCUT2D eigenvalue weighted by molar-refractivity contribution is 0.769. The molecule has 0 fully saturated rings. The molecule has 312 valence electrons. The summed E-state index contributed by atoms with van der Waals surface area (Å²) in [4.78, 5) is 15.6. The number of fused-ring (bicyclic) bond motifs is 8.